The van der Waals surface area contributed by atoms with E-state index in [0.29, 0.717) is 22.2 Å². The zero-order chi connectivity index (χ0) is 20.6. The van der Waals surface area contributed by atoms with Crippen LogP contribution in [0.25, 0.3) is 11.4 Å². The van der Waals surface area contributed by atoms with Gasteiger partial charge in [-0.05, 0) is 36.4 Å². The Morgan fingerprint density at radius 1 is 1.00 bits per heavy atom. The third-order valence-electron chi connectivity index (χ3n) is 3.63. The second-order valence-electron chi connectivity index (χ2n) is 5.88. The molecule has 0 saturated heterocycles. The van der Waals surface area contributed by atoms with E-state index in [1.54, 1.807) is 54.6 Å². The Bertz CT molecular complexity index is 1000. The summed E-state index contributed by atoms with van der Waals surface area (Å²) < 4.78 is 0. The van der Waals surface area contributed by atoms with Gasteiger partial charge in [-0.25, -0.2) is 4.98 Å². The molecule has 0 radical (unpaired) electrons. The van der Waals surface area contributed by atoms with Crippen LogP contribution < -0.4 is 16.2 Å². The minimum absolute atomic E-state index is 0.0355. The van der Waals surface area contributed by atoms with Crippen molar-refractivity contribution >= 4 is 35.2 Å². The number of rotatable bonds is 6. The molecule has 1 aromatic heterocycles. The highest BCUT2D eigenvalue weighted by atomic mass is 32.2. The van der Waals surface area contributed by atoms with Gasteiger partial charge in [0, 0.05) is 23.7 Å². The molecular weight excluding hydrogens is 392 g/mol. The van der Waals surface area contributed by atoms with Gasteiger partial charge in [0.2, 0.25) is 17.0 Å². The van der Waals surface area contributed by atoms with E-state index in [9.17, 15) is 14.4 Å². The van der Waals surface area contributed by atoms with Gasteiger partial charge in [-0.2, -0.15) is 0 Å². The largest absolute Gasteiger partial charge is 0.326 e. The second kappa shape index (κ2) is 9.51. The lowest BCUT2D eigenvalue weighted by Crippen LogP contribution is -2.42. The number of hydrogen-bond donors (Lipinski definition) is 4. The van der Waals surface area contributed by atoms with E-state index in [-0.39, 0.29) is 17.6 Å². The number of nitrogens with zero attached hydrogens (tertiary/aromatic N) is 2. The topological polar surface area (TPSA) is 129 Å². The van der Waals surface area contributed by atoms with Crippen molar-refractivity contribution in [1.82, 2.24) is 26.0 Å². The molecule has 148 valence electrons. The fourth-order valence-corrected chi connectivity index (χ4v) is 2.91. The lowest BCUT2D eigenvalue weighted by molar-refractivity contribution is -0.119. The van der Waals surface area contributed by atoms with Gasteiger partial charge < -0.3 is 5.32 Å². The van der Waals surface area contributed by atoms with Gasteiger partial charge in [-0.1, -0.05) is 30.0 Å². The molecule has 2 aromatic carbocycles. The molecule has 3 rings (SSSR count). The molecule has 3 amide bonds. The summed E-state index contributed by atoms with van der Waals surface area (Å²) in [5, 5.41) is 9.96. The summed E-state index contributed by atoms with van der Waals surface area (Å²) in [4.78, 5) is 39.2. The van der Waals surface area contributed by atoms with E-state index in [0.717, 1.165) is 17.3 Å². The number of benzene rings is 2. The van der Waals surface area contributed by atoms with E-state index in [2.05, 4.69) is 31.3 Å². The zero-order valence-electron chi connectivity index (χ0n) is 15.4. The van der Waals surface area contributed by atoms with Gasteiger partial charge in [0.1, 0.15) is 0 Å². The summed E-state index contributed by atoms with van der Waals surface area (Å²) in [6.07, 6.45) is 0. The standard InChI is InChI=1S/C19H18N6O3S/c1-12(26)20-15-9-7-13(8-10-15)17-21-19(25-23-17)29-11-16(27)22-24-18(28)14-5-3-2-4-6-14/h2-10H,11H2,1H3,(H,20,26)(H,22,27)(H,24,28)(H,21,23,25). The van der Waals surface area contributed by atoms with E-state index in [1.807, 2.05) is 0 Å². The van der Waals surface area contributed by atoms with Gasteiger partial charge in [0.05, 0.1) is 5.75 Å². The Morgan fingerprint density at radius 2 is 1.72 bits per heavy atom. The Morgan fingerprint density at radius 3 is 2.41 bits per heavy atom. The first-order chi connectivity index (χ1) is 14.0. The van der Waals surface area contributed by atoms with Gasteiger partial charge in [0.15, 0.2) is 5.82 Å². The molecule has 0 aliphatic carbocycles. The number of aromatic amines is 1. The van der Waals surface area contributed by atoms with Crippen molar-refractivity contribution in [3.05, 3.63) is 60.2 Å². The fraction of sp³-hybridized carbons (Fsp3) is 0.105. The number of nitrogens with one attached hydrogen (secondary N) is 4. The number of carbonyl (C=O) groups is 3. The van der Waals surface area contributed by atoms with Crippen LogP contribution in [0, 0.1) is 0 Å². The fourth-order valence-electron chi connectivity index (χ4n) is 2.31. The van der Waals surface area contributed by atoms with Crippen LogP contribution in [-0.2, 0) is 9.59 Å². The summed E-state index contributed by atoms with van der Waals surface area (Å²) in [6, 6.07) is 15.7. The van der Waals surface area contributed by atoms with Gasteiger partial charge in [-0.15, -0.1) is 5.10 Å². The molecular formula is C19H18N6O3S. The van der Waals surface area contributed by atoms with E-state index >= 15 is 0 Å². The van der Waals surface area contributed by atoms with Crippen molar-refractivity contribution in [2.45, 2.75) is 12.1 Å². The average molecular weight is 410 g/mol. The molecule has 9 nitrogen and oxygen atoms in total. The monoisotopic (exact) mass is 410 g/mol. The first-order valence-corrected chi connectivity index (χ1v) is 9.57. The van der Waals surface area contributed by atoms with Crippen LogP contribution in [0.1, 0.15) is 17.3 Å². The molecule has 0 aliphatic heterocycles. The second-order valence-corrected chi connectivity index (χ2v) is 6.82. The van der Waals surface area contributed by atoms with Crippen molar-refractivity contribution in [1.29, 1.82) is 0 Å². The minimum atomic E-state index is -0.396. The highest BCUT2D eigenvalue weighted by Gasteiger charge is 2.11. The molecule has 29 heavy (non-hydrogen) atoms. The molecule has 1 heterocycles. The minimum Gasteiger partial charge on any atom is -0.326 e. The van der Waals surface area contributed by atoms with E-state index in [4.69, 9.17) is 0 Å². The predicted octanol–water partition coefficient (Wildman–Crippen LogP) is 1.98. The molecule has 0 unspecified atom stereocenters. The molecule has 0 saturated carbocycles. The molecule has 0 spiro atoms. The number of amides is 3. The summed E-state index contributed by atoms with van der Waals surface area (Å²) in [6.45, 7) is 1.44. The summed E-state index contributed by atoms with van der Waals surface area (Å²) in [7, 11) is 0. The van der Waals surface area contributed by atoms with Crippen LogP contribution in [0.4, 0.5) is 5.69 Å². The highest BCUT2D eigenvalue weighted by Crippen LogP contribution is 2.20. The molecule has 0 atom stereocenters. The predicted molar refractivity (Wildman–Crippen MR) is 109 cm³/mol. The lowest BCUT2D eigenvalue weighted by atomic mass is 10.2. The zero-order valence-corrected chi connectivity index (χ0v) is 16.2. The normalized spacial score (nSPS) is 10.2. The maximum atomic E-state index is 11.9. The number of carbonyl (C=O) groups excluding carboxylic acids is 3. The Hall–Kier alpha value is -3.66. The van der Waals surface area contributed by atoms with Crippen molar-refractivity contribution in [2.24, 2.45) is 0 Å². The van der Waals surface area contributed by atoms with Crippen molar-refractivity contribution < 1.29 is 14.4 Å². The number of aromatic nitrogens is 3. The van der Waals surface area contributed by atoms with E-state index < -0.39 is 5.91 Å². The first kappa shape index (κ1) is 20.1. The maximum absolute atomic E-state index is 11.9. The summed E-state index contributed by atoms with van der Waals surface area (Å²) >= 11 is 1.13. The van der Waals surface area contributed by atoms with Crippen LogP contribution in [0.15, 0.2) is 59.8 Å². The summed E-state index contributed by atoms with van der Waals surface area (Å²) in [5.41, 5.74) is 6.63. The Kier molecular flexibility index (Phi) is 6.59. The number of hydrazine groups is 1. The number of hydrogen-bond acceptors (Lipinski definition) is 6. The Labute approximate surface area is 170 Å². The molecule has 10 heteroatoms. The van der Waals surface area contributed by atoms with Crippen molar-refractivity contribution in [2.75, 3.05) is 11.1 Å². The van der Waals surface area contributed by atoms with Gasteiger partial charge in [-0.3, -0.25) is 30.3 Å². The van der Waals surface area contributed by atoms with Crippen LogP contribution in [0.5, 0.6) is 0 Å². The quantitative estimate of drug-likeness (QED) is 0.363. The maximum Gasteiger partial charge on any atom is 0.269 e. The number of H-pyrrole nitrogens is 1. The van der Waals surface area contributed by atoms with Crippen molar-refractivity contribution in [3.63, 3.8) is 0 Å². The molecule has 4 N–H and O–H groups in total. The van der Waals surface area contributed by atoms with Crippen molar-refractivity contribution in [3.8, 4) is 11.4 Å². The molecule has 3 aromatic rings. The SMILES string of the molecule is CC(=O)Nc1ccc(-c2nc(SCC(=O)NNC(=O)c3ccccc3)n[nH]2)cc1. The smallest absolute Gasteiger partial charge is 0.269 e. The summed E-state index contributed by atoms with van der Waals surface area (Å²) in [5.74, 6) is -0.348. The Balaban J connectivity index is 1.48. The first-order valence-electron chi connectivity index (χ1n) is 8.59. The van der Waals surface area contributed by atoms with Crippen LogP contribution in [-0.4, -0.2) is 38.7 Å². The molecule has 0 fully saturated rings. The van der Waals surface area contributed by atoms with Gasteiger partial charge in [0.25, 0.3) is 5.91 Å². The lowest BCUT2D eigenvalue weighted by Gasteiger charge is -2.06. The molecule has 0 bridgehead atoms. The third kappa shape index (κ3) is 5.91. The van der Waals surface area contributed by atoms with E-state index in [1.165, 1.54) is 6.92 Å². The van der Waals surface area contributed by atoms with Crippen LogP contribution >= 0.6 is 11.8 Å². The average Bonchev–Trinajstić information content (AvgIpc) is 3.20. The van der Waals surface area contributed by atoms with Gasteiger partial charge >= 0.3 is 0 Å². The third-order valence-corrected chi connectivity index (χ3v) is 4.47. The van der Waals surface area contributed by atoms with Crippen LogP contribution in [0.3, 0.4) is 0 Å². The van der Waals surface area contributed by atoms with Crippen LogP contribution in [0.2, 0.25) is 0 Å². The number of thioether (sulfide) groups is 1. The number of anilines is 1. The molecule has 0 aliphatic rings. The highest BCUT2D eigenvalue weighted by molar-refractivity contribution is 7.99.